The van der Waals surface area contributed by atoms with Gasteiger partial charge in [0.1, 0.15) is 4.90 Å². The van der Waals surface area contributed by atoms with Crippen molar-refractivity contribution in [2.45, 2.75) is 10.4 Å². The van der Waals surface area contributed by atoms with Gasteiger partial charge in [-0.3, -0.25) is 4.79 Å². The molecule has 0 N–H and O–H groups in total. The van der Waals surface area contributed by atoms with Crippen LogP contribution in [0, 0.1) is 0 Å². The summed E-state index contributed by atoms with van der Waals surface area (Å²) in [6.07, 6.45) is 0. The molecule has 1 aliphatic heterocycles. The van der Waals surface area contributed by atoms with E-state index in [0.29, 0.717) is 0 Å². The van der Waals surface area contributed by atoms with Gasteiger partial charge < -0.3 is 0 Å². The fourth-order valence-electron chi connectivity index (χ4n) is 1.35. The fraction of sp³-hybridized carbons (Fsp3) is 0.125. The molecule has 0 fully saturated rings. The van der Waals surface area contributed by atoms with E-state index in [4.69, 9.17) is 0 Å². The average molecular weight is 283 g/mol. The number of alkyl halides is 3. The van der Waals surface area contributed by atoms with Crippen molar-refractivity contribution in [1.82, 2.24) is 3.71 Å². The van der Waals surface area contributed by atoms with Crippen LogP contribution in [0.2, 0.25) is 0 Å². The van der Waals surface area contributed by atoms with Crippen LogP contribution in [0.15, 0.2) is 29.2 Å². The van der Waals surface area contributed by atoms with Gasteiger partial charge in [0.25, 0.3) is 15.9 Å². The summed E-state index contributed by atoms with van der Waals surface area (Å²) in [5.74, 6) is -1.18. The summed E-state index contributed by atoms with van der Waals surface area (Å²) in [5, 5.41) is 0. The van der Waals surface area contributed by atoms with Gasteiger partial charge in [-0.2, -0.15) is 16.9 Å². The van der Waals surface area contributed by atoms with E-state index in [9.17, 15) is 26.4 Å². The molecular formula is C8H4F3NO3S2. The minimum atomic E-state index is -4.84. The van der Waals surface area contributed by atoms with Crippen LogP contribution in [-0.4, -0.2) is 23.5 Å². The molecule has 0 spiro atoms. The van der Waals surface area contributed by atoms with Crippen molar-refractivity contribution in [1.29, 1.82) is 0 Å². The highest BCUT2D eigenvalue weighted by Gasteiger charge is 2.48. The third kappa shape index (κ3) is 2.00. The van der Waals surface area contributed by atoms with E-state index in [1.54, 1.807) is 0 Å². The molecule has 1 heterocycles. The third-order valence-corrected chi connectivity index (χ3v) is 4.83. The molecule has 0 atom stereocenters. The monoisotopic (exact) mass is 283 g/mol. The quantitative estimate of drug-likeness (QED) is 0.740. The van der Waals surface area contributed by atoms with E-state index in [-0.39, 0.29) is 9.27 Å². The van der Waals surface area contributed by atoms with Crippen molar-refractivity contribution in [3.05, 3.63) is 29.8 Å². The lowest BCUT2D eigenvalue weighted by atomic mass is 10.2. The predicted molar refractivity (Wildman–Crippen MR) is 53.4 cm³/mol. The molecule has 1 aromatic carbocycles. The van der Waals surface area contributed by atoms with Crippen molar-refractivity contribution in [3.8, 4) is 0 Å². The Morgan fingerprint density at radius 1 is 1.18 bits per heavy atom. The van der Waals surface area contributed by atoms with Crippen LogP contribution >= 0.6 is 11.9 Å². The van der Waals surface area contributed by atoms with E-state index in [1.165, 1.54) is 18.2 Å². The lowest BCUT2D eigenvalue weighted by Gasteiger charge is -2.14. The molecule has 1 amide bonds. The third-order valence-electron chi connectivity index (χ3n) is 1.97. The van der Waals surface area contributed by atoms with Gasteiger partial charge in [-0.1, -0.05) is 12.1 Å². The van der Waals surface area contributed by atoms with E-state index in [1.807, 2.05) is 0 Å². The van der Waals surface area contributed by atoms with Crippen molar-refractivity contribution in [2.24, 2.45) is 0 Å². The summed E-state index contributed by atoms with van der Waals surface area (Å²) in [5.41, 5.74) is -5.09. The van der Waals surface area contributed by atoms with Crippen LogP contribution in [-0.2, 0) is 10.0 Å². The van der Waals surface area contributed by atoms with Gasteiger partial charge in [0, 0.05) is 0 Å². The summed E-state index contributed by atoms with van der Waals surface area (Å²) >= 11 is -0.968. The Morgan fingerprint density at radius 2 is 1.76 bits per heavy atom. The first-order valence-corrected chi connectivity index (χ1v) is 6.39. The first kappa shape index (κ1) is 12.2. The largest absolute Gasteiger partial charge is 0.462 e. The molecule has 17 heavy (non-hydrogen) atoms. The normalized spacial score (nSPS) is 18.3. The van der Waals surface area contributed by atoms with E-state index in [0.717, 1.165) is 6.07 Å². The van der Waals surface area contributed by atoms with Crippen LogP contribution in [0.4, 0.5) is 13.2 Å². The summed E-state index contributed by atoms with van der Waals surface area (Å²) in [6, 6.07) is 4.99. The van der Waals surface area contributed by atoms with Crippen LogP contribution < -0.4 is 0 Å². The molecule has 2 rings (SSSR count). The van der Waals surface area contributed by atoms with Gasteiger partial charge in [-0.25, -0.2) is 8.42 Å². The standard InChI is InChI=1S/C8H4F3NO3S2/c9-8(10,11)16-12-7(13)5-3-1-2-4-6(5)17(12,14)15/h1-4H. The van der Waals surface area contributed by atoms with E-state index in [2.05, 4.69) is 0 Å². The predicted octanol–water partition coefficient (Wildman–Crippen LogP) is 2.00. The lowest BCUT2D eigenvalue weighted by molar-refractivity contribution is -0.0348. The van der Waals surface area contributed by atoms with Gasteiger partial charge in [0.15, 0.2) is 0 Å². The Labute approximate surface area is 98.6 Å². The van der Waals surface area contributed by atoms with Crippen molar-refractivity contribution in [3.63, 3.8) is 0 Å². The van der Waals surface area contributed by atoms with Gasteiger partial charge in [0.05, 0.1) is 17.5 Å². The Hall–Kier alpha value is -1.22. The molecule has 0 aliphatic carbocycles. The number of carbonyl (C=O) groups is 1. The minimum absolute atomic E-state index is 0.238. The summed E-state index contributed by atoms with van der Waals surface area (Å²) in [7, 11) is -4.40. The van der Waals surface area contributed by atoms with E-state index < -0.39 is 38.3 Å². The topological polar surface area (TPSA) is 54.5 Å². The Kier molecular flexibility index (Phi) is 2.62. The maximum absolute atomic E-state index is 12.2. The second-order valence-electron chi connectivity index (χ2n) is 3.07. The second-order valence-corrected chi connectivity index (χ2v) is 6.07. The molecule has 0 aromatic heterocycles. The molecule has 92 valence electrons. The van der Waals surface area contributed by atoms with Crippen molar-refractivity contribution >= 4 is 27.9 Å². The zero-order valence-corrected chi connectivity index (χ0v) is 9.56. The fourth-order valence-corrected chi connectivity index (χ4v) is 3.78. The lowest BCUT2D eigenvalue weighted by Crippen LogP contribution is -2.26. The number of sulfonamides is 1. The smallest absolute Gasteiger partial charge is 0.267 e. The number of hydrogen-bond acceptors (Lipinski definition) is 4. The number of benzene rings is 1. The molecule has 1 aliphatic rings. The summed E-state index contributed by atoms with van der Waals surface area (Å²) < 4.78 is 59.5. The van der Waals surface area contributed by atoms with Crippen molar-refractivity contribution in [2.75, 3.05) is 0 Å². The van der Waals surface area contributed by atoms with E-state index >= 15 is 0 Å². The van der Waals surface area contributed by atoms with Crippen LogP contribution in [0.1, 0.15) is 10.4 Å². The van der Waals surface area contributed by atoms with Crippen LogP contribution in [0.5, 0.6) is 0 Å². The van der Waals surface area contributed by atoms with Crippen molar-refractivity contribution < 1.29 is 26.4 Å². The van der Waals surface area contributed by atoms with Gasteiger partial charge in [-0.05, 0) is 12.1 Å². The first-order chi connectivity index (χ1) is 7.73. The van der Waals surface area contributed by atoms with Crippen LogP contribution in [0.3, 0.4) is 0 Å². The average Bonchev–Trinajstić information content (AvgIpc) is 2.39. The number of rotatable bonds is 1. The number of fused-ring (bicyclic) bond motifs is 1. The number of amides is 1. The molecule has 1 aromatic rings. The first-order valence-electron chi connectivity index (χ1n) is 4.18. The van der Waals surface area contributed by atoms with Gasteiger partial charge >= 0.3 is 5.51 Å². The zero-order valence-electron chi connectivity index (χ0n) is 7.93. The molecule has 0 radical (unpaired) electrons. The Balaban J connectivity index is 2.52. The summed E-state index contributed by atoms with van der Waals surface area (Å²) in [6.45, 7) is 0. The highest BCUT2D eigenvalue weighted by Crippen LogP contribution is 2.42. The highest BCUT2D eigenvalue weighted by atomic mass is 32.3. The second kappa shape index (κ2) is 3.64. The number of carbonyl (C=O) groups excluding carboxylic acids is 1. The molecular weight excluding hydrogens is 279 g/mol. The molecule has 0 bridgehead atoms. The van der Waals surface area contributed by atoms with Gasteiger partial charge in [-0.15, -0.1) is 0 Å². The SMILES string of the molecule is O=C1c2ccccc2S(=O)(=O)N1SC(F)(F)F. The number of nitrogens with zero attached hydrogens (tertiary/aromatic N) is 1. The minimum Gasteiger partial charge on any atom is -0.267 e. The number of hydrogen-bond donors (Lipinski definition) is 0. The Bertz CT molecular complexity index is 582. The molecule has 9 heteroatoms. The molecule has 0 unspecified atom stereocenters. The molecule has 0 saturated heterocycles. The van der Waals surface area contributed by atoms with Gasteiger partial charge in [0.2, 0.25) is 0 Å². The van der Waals surface area contributed by atoms with Crippen LogP contribution in [0.25, 0.3) is 0 Å². The number of halogens is 3. The Morgan fingerprint density at radius 3 is 2.29 bits per heavy atom. The maximum Gasteiger partial charge on any atom is 0.462 e. The zero-order chi connectivity index (χ0) is 12.8. The molecule has 0 saturated carbocycles. The molecule has 4 nitrogen and oxygen atoms in total. The highest BCUT2D eigenvalue weighted by molar-refractivity contribution is 8.10. The maximum atomic E-state index is 12.2. The summed E-state index contributed by atoms with van der Waals surface area (Å²) in [4.78, 5) is 11.1.